The molecular weight excluding hydrogens is 526 g/mol. The van der Waals surface area contributed by atoms with Gasteiger partial charge < -0.3 is 24.2 Å². The minimum absolute atomic E-state index is 0.0188. The summed E-state index contributed by atoms with van der Waals surface area (Å²) in [5.41, 5.74) is 3.28. The average Bonchev–Trinajstić information content (AvgIpc) is 3.36. The van der Waals surface area contributed by atoms with E-state index in [1.807, 2.05) is 59.5 Å². The molecule has 0 unspecified atom stereocenters. The van der Waals surface area contributed by atoms with Gasteiger partial charge in [-0.3, -0.25) is 4.79 Å². The van der Waals surface area contributed by atoms with Crippen molar-refractivity contribution in [3.63, 3.8) is 0 Å². The van der Waals surface area contributed by atoms with Gasteiger partial charge in [0.1, 0.15) is 5.75 Å². The van der Waals surface area contributed by atoms with E-state index in [-0.39, 0.29) is 23.3 Å². The van der Waals surface area contributed by atoms with Crippen LogP contribution in [0, 0.1) is 0 Å². The quantitative estimate of drug-likeness (QED) is 0.308. The topological polar surface area (TPSA) is 85.3 Å². The normalized spacial score (nSPS) is 24.7. The van der Waals surface area contributed by atoms with Crippen LogP contribution in [0.1, 0.15) is 52.2 Å². The third kappa shape index (κ3) is 6.04. The lowest BCUT2D eigenvalue weighted by molar-refractivity contribution is -0.293. The fourth-order valence-electron chi connectivity index (χ4n) is 5.96. The average molecular weight is 562 g/mol. The van der Waals surface area contributed by atoms with Crippen LogP contribution in [0.5, 0.6) is 5.75 Å². The van der Waals surface area contributed by atoms with Gasteiger partial charge in [0.25, 0.3) is 5.24 Å². The molecule has 0 aliphatic carbocycles. The molecule has 1 amide bonds. The lowest BCUT2D eigenvalue weighted by atomic mass is 9.79. The summed E-state index contributed by atoms with van der Waals surface area (Å²) >= 11 is 1.27. The summed E-state index contributed by atoms with van der Waals surface area (Å²) in [6.07, 6.45) is 2.53. The van der Waals surface area contributed by atoms with Crippen LogP contribution in [0.4, 0.5) is 4.79 Å². The molecule has 0 aromatic heterocycles. The number of benzene rings is 3. The van der Waals surface area contributed by atoms with Crippen LogP contribution in [0.15, 0.2) is 78.9 Å². The summed E-state index contributed by atoms with van der Waals surface area (Å²) in [5.74, 6) is -0.847. The highest BCUT2D eigenvalue weighted by Crippen LogP contribution is 2.47. The number of hydrogen-bond acceptors (Lipinski definition) is 6. The maximum Gasteiger partial charge on any atom is 0.335 e. The Morgan fingerprint density at radius 2 is 1.75 bits per heavy atom. The van der Waals surface area contributed by atoms with Crippen LogP contribution < -0.4 is 4.74 Å². The number of carbonyl (C=O) groups is 2. The number of carboxylic acids is 1. The number of carbonyl (C=O) groups excluding carboxylic acids is 1. The number of methoxy groups -OCH3 is 2. The molecule has 4 atom stereocenters. The lowest BCUT2D eigenvalue weighted by Gasteiger charge is -2.49. The molecule has 3 aromatic carbocycles. The fraction of sp³-hybridized carbons (Fsp3) is 0.375. The molecule has 1 N–H and O–H groups in total. The molecule has 2 saturated heterocycles. The summed E-state index contributed by atoms with van der Waals surface area (Å²) in [4.78, 5) is 27.2. The van der Waals surface area contributed by atoms with Crippen LogP contribution in [0.25, 0.3) is 0 Å². The Morgan fingerprint density at radius 1 is 1.02 bits per heavy atom. The molecule has 210 valence electrons. The van der Waals surface area contributed by atoms with Gasteiger partial charge >= 0.3 is 5.97 Å². The van der Waals surface area contributed by atoms with Gasteiger partial charge in [-0.25, -0.2) is 4.79 Å². The zero-order chi connectivity index (χ0) is 28.1. The van der Waals surface area contributed by atoms with Crippen molar-refractivity contribution < 1.29 is 28.9 Å². The number of amides is 1. The Balaban J connectivity index is 1.47. The number of nitrogens with zero attached hydrogens (tertiary/aromatic N) is 1. The van der Waals surface area contributed by atoms with E-state index in [1.54, 1.807) is 26.4 Å². The summed E-state index contributed by atoms with van der Waals surface area (Å²) in [6, 6.07) is 24.8. The monoisotopic (exact) mass is 561 g/mol. The van der Waals surface area contributed by atoms with Crippen LogP contribution in [0.2, 0.25) is 0 Å². The number of aromatic carboxylic acids is 1. The molecule has 8 heteroatoms. The van der Waals surface area contributed by atoms with Crippen LogP contribution >= 0.6 is 11.8 Å². The Hall–Kier alpha value is -3.33. The van der Waals surface area contributed by atoms with E-state index in [1.165, 1.54) is 17.3 Å². The van der Waals surface area contributed by atoms with Gasteiger partial charge in [-0.05, 0) is 60.1 Å². The highest BCUT2D eigenvalue weighted by molar-refractivity contribution is 8.13. The molecule has 0 saturated carbocycles. The minimum Gasteiger partial charge on any atom is -0.497 e. The first-order chi connectivity index (χ1) is 19.4. The molecule has 40 heavy (non-hydrogen) atoms. The largest absolute Gasteiger partial charge is 0.497 e. The van der Waals surface area contributed by atoms with E-state index < -0.39 is 11.8 Å². The van der Waals surface area contributed by atoms with Gasteiger partial charge in [0, 0.05) is 25.8 Å². The van der Waals surface area contributed by atoms with Gasteiger partial charge in [-0.2, -0.15) is 0 Å². The Labute approximate surface area is 239 Å². The van der Waals surface area contributed by atoms with Gasteiger partial charge in [0.2, 0.25) is 0 Å². The van der Waals surface area contributed by atoms with Crippen molar-refractivity contribution in [2.45, 2.75) is 56.1 Å². The van der Waals surface area contributed by atoms with Crippen molar-refractivity contribution in [2.24, 2.45) is 0 Å². The van der Waals surface area contributed by atoms with Gasteiger partial charge in [0.05, 0.1) is 24.8 Å². The molecule has 0 radical (unpaired) electrons. The second kappa shape index (κ2) is 12.5. The first-order valence-electron chi connectivity index (χ1n) is 13.6. The molecule has 0 bridgehead atoms. The number of thioether (sulfide) groups is 1. The first kappa shape index (κ1) is 28.2. The molecular formula is C32H35NO6S. The van der Waals surface area contributed by atoms with E-state index in [0.29, 0.717) is 30.7 Å². The Morgan fingerprint density at radius 3 is 2.45 bits per heavy atom. The molecule has 2 aliphatic rings. The highest BCUT2D eigenvalue weighted by Gasteiger charge is 2.53. The van der Waals surface area contributed by atoms with E-state index in [0.717, 1.165) is 29.7 Å². The van der Waals surface area contributed by atoms with Crippen molar-refractivity contribution in [3.8, 4) is 5.75 Å². The molecule has 2 fully saturated rings. The number of aryl methyl sites for hydroxylation is 1. The molecule has 2 aliphatic heterocycles. The molecule has 7 nitrogen and oxygen atoms in total. The molecule has 0 spiro atoms. The van der Waals surface area contributed by atoms with Crippen LogP contribution in [0.3, 0.4) is 0 Å². The Bertz CT molecular complexity index is 1320. The number of rotatable bonds is 10. The standard InChI is InChI=1S/C32H35NO6S/c1-37-25-15-13-23(14-16-25)20-33-29(21-40-31(33)36)32(38-2)19-24(27-10-6-7-11-28(27)30(34)35)18-26(39-32)17-12-22-8-4-3-5-9-22/h3-11,13-16,24,26,29H,12,17-21H2,1-2H3,(H,34,35)/t24-,26-,29+,32-/m1/s1. The maximum atomic E-state index is 13.2. The lowest BCUT2D eigenvalue weighted by Crippen LogP contribution is -2.58. The summed E-state index contributed by atoms with van der Waals surface area (Å²) in [7, 11) is 3.26. The van der Waals surface area contributed by atoms with Crippen LogP contribution in [-0.2, 0) is 22.4 Å². The second-order valence-corrected chi connectivity index (χ2v) is 11.3. The van der Waals surface area contributed by atoms with Crippen molar-refractivity contribution in [2.75, 3.05) is 20.0 Å². The van der Waals surface area contributed by atoms with E-state index in [2.05, 4.69) is 12.1 Å². The first-order valence-corrected chi connectivity index (χ1v) is 14.6. The van der Waals surface area contributed by atoms with Crippen molar-refractivity contribution >= 4 is 23.0 Å². The summed E-state index contributed by atoms with van der Waals surface area (Å²) in [5, 5.41) is 9.94. The third-order valence-electron chi connectivity index (χ3n) is 8.01. The van der Waals surface area contributed by atoms with Crippen molar-refractivity contribution in [3.05, 3.63) is 101 Å². The van der Waals surface area contributed by atoms with Crippen molar-refractivity contribution in [1.29, 1.82) is 0 Å². The minimum atomic E-state index is -1.08. The van der Waals surface area contributed by atoms with E-state index >= 15 is 0 Å². The molecule has 3 aromatic rings. The van der Waals surface area contributed by atoms with Gasteiger partial charge in [0.15, 0.2) is 5.79 Å². The third-order valence-corrected chi connectivity index (χ3v) is 8.98. The second-order valence-electron chi connectivity index (χ2n) is 10.4. The molecule has 5 rings (SSSR count). The van der Waals surface area contributed by atoms with Crippen molar-refractivity contribution in [1.82, 2.24) is 4.90 Å². The van der Waals surface area contributed by atoms with E-state index in [4.69, 9.17) is 14.2 Å². The smallest absolute Gasteiger partial charge is 0.335 e. The zero-order valence-corrected chi connectivity index (χ0v) is 23.6. The van der Waals surface area contributed by atoms with Gasteiger partial charge in [-0.1, -0.05) is 72.4 Å². The number of carboxylic acid groups (broad SMARTS) is 1. The predicted molar refractivity (Wildman–Crippen MR) is 155 cm³/mol. The summed E-state index contributed by atoms with van der Waals surface area (Å²) < 4.78 is 18.4. The fourth-order valence-corrected chi connectivity index (χ4v) is 7.05. The Kier molecular flexibility index (Phi) is 8.78. The number of hydrogen-bond donors (Lipinski definition) is 1. The van der Waals surface area contributed by atoms with Crippen LogP contribution in [-0.4, -0.2) is 59.1 Å². The van der Waals surface area contributed by atoms with E-state index in [9.17, 15) is 14.7 Å². The number of ether oxygens (including phenoxy) is 3. The zero-order valence-electron chi connectivity index (χ0n) is 22.8. The summed E-state index contributed by atoms with van der Waals surface area (Å²) in [6.45, 7) is 0.417. The maximum absolute atomic E-state index is 13.2. The predicted octanol–water partition coefficient (Wildman–Crippen LogP) is 6.37. The molecule has 2 heterocycles. The van der Waals surface area contributed by atoms with Gasteiger partial charge in [-0.15, -0.1) is 0 Å². The highest BCUT2D eigenvalue weighted by atomic mass is 32.2. The SMILES string of the molecule is COc1ccc(CN2C(=O)SC[C@H]2[C@@]2(OC)C[C@H](c3ccccc3C(=O)O)C[C@@H](CCc3ccccc3)O2)cc1.